The molecule has 0 aromatic rings. The lowest BCUT2D eigenvalue weighted by Crippen LogP contribution is -2.25. The van der Waals surface area contributed by atoms with E-state index in [0.717, 1.165) is 24.3 Å². The van der Waals surface area contributed by atoms with Crippen LogP contribution in [0, 0.1) is 5.92 Å². The Hall–Kier alpha value is 0.110. The van der Waals surface area contributed by atoms with E-state index in [9.17, 15) is 4.21 Å². The second kappa shape index (κ2) is 5.76. The van der Waals surface area contributed by atoms with Gasteiger partial charge in [0.2, 0.25) is 0 Å². The van der Waals surface area contributed by atoms with Crippen LogP contribution in [0.5, 0.6) is 0 Å². The smallest absolute Gasteiger partial charge is 0.0238 e. The first-order valence-corrected chi connectivity index (χ1v) is 6.83. The summed E-state index contributed by atoms with van der Waals surface area (Å²) in [5.41, 5.74) is 5.94. The van der Waals surface area contributed by atoms with Gasteiger partial charge in [-0.25, -0.2) is 0 Å². The second-order valence-corrected chi connectivity index (χ2v) is 5.69. The molecule has 0 spiro atoms. The lowest BCUT2D eigenvalue weighted by Gasteiger charge is -2.14. The van der Waals surface area contributed by atoms with Crippen molar-refractivity contribution >= 4 is 10.8 Å². The summed E-state index contributed by atoms with van der Waals surface area (Å²) in [4.78, 5) is 0. The van der Waals surface area contributed by atoms with Crippen LogP contribution in [0.3, 0.4) is 0 Å². The third-order valence-corrected chi connectivity index (χ3v) is 4.42. The van der Waals surface area contributed by atoms with E-state index in [1.807, 2.05) is 0 Å². The summed E-state index contributed by atoms with van der Waals surface area (Å²) in [5.74, 6) is 2.38. The number of hydrogen-bond acceptors (Lipinski definition) is 2. The highest BCUT2D eigenvalue weighted by molar-refractivity contribution is 7.84. The molecular formula is C10H21NOS. The molecule has 13 heavy (non-hydrogen) atoms. The molecule has 2 nitrogen and oxygen atoms in total. The summed E-state index contributed by atoms with van der Waals surface area (Å²) in [6.45, 7) is 2.08. The molecule has 2 N–H and O–H groups in total. The summed E-state index contributed by atoms with van der Waals surface area (Å²) in [6, 6.07) is 0.388. The van der Waals surface area contributed by atoms with E-state index >= 15 is 0 Å². The van der Waals surface area contributed by atoms with E-state index in [4.69, 9.17) is 5.73 Å². The van der Waals surface area contributed by atoms with Gasteiger partial charge in [0.1, 0.15) is 0 Å². The van der Waals surface area contributed by atoms with Crippen molar-refractivity contribution in [2.45, 2.75) is 45.1 Å². The number of rotatable bonds is 5. The van der Waals surface area contributed by atoms with Crippen LogP contribution in [0.2, 0.25) is 0 Å². The van der Waals surface area contributed by atoms with Crippen molar-refractivity contribution < 1.29 is 4.21 Å². The molecule has 0 heterocycles. The normalized spacial score (nSPS) is 30.6. The number of hydrogen-bond donors (Lipinski definition) is 1. The standard InChI is InChI=1S/C10H21NOS/c1-2-7-13(12)8-6-9-4-3-5-10(9)11/h9-10H,2-8,11H2,1H3. The van der Waals surface area contributed by atoms with E-state index in [1.165, 1.54) is 19.3 Å². The fraction of sp³-hybridized carbons (Fsp3) is 1.00. The fourth-order valence-corrected chi connectivity index (χ4v) is 3.26. The molecule has 0 aromatic carbocycles. The SMILES string of the molecule is CCCS(=O)CCC1CCCC1N. The van der Waals surface area contributed by atoms with Crippen molar-refractivity contribution in [2.24, 2.45) is 11.7 Å². The molecule has 0 aliphatic heterocycles. The molecule has 0 aromatic heterocycles. The Balaban J connectivity index is 2.14. The third kappa shape index (κ3) is 3.77. The van der Waals surface area contributed by atoms with Crippen LogP contribution < -0.4 is 5.73 Å². The minimum Gasteiger partial charge on any atom is -0.327 e. The zero-order valence-corrected chi connectivity index (χ0v) is 9.31. The van der Waals surface area contributed by atoms with Crippen LogP contribution in [-0.2, 0) is 10.8 Å². The molecule has 3 heteroatoms. The molecule has 1 saturated carbocycles. The van der Waals surface area contributed by atoms with Gasteiger partial charge in [0.05, 0.1) is 0 Å². The van der Waals surface area contributed by atoms with Crippen LogP contribution in [0.4, 0.5) is 0 Å². The van der Waals surface area contributed by atoms with Gasteiger partial charge in [-0.1, -0.05) is 13.3 Å². The van der Waals surface area contributed by atoms with Crippen molar-refractivity contribution in [3.05, 3.63) is 0 Å². The highest BCUT2D eigenvalue weighted by Crippen LogP contribution is 2.26. The summed E-state index contributed by atoms with van der Waals surface area (Å²) in [7, 11) is -0.587. The van der Waals surface area contributed by atoms with Crippen molar-refractivity contribution in [1.82, 2.24) is 0 Å². The number of nitrogens with two attached hydrogens (primary N) is 1. The Morgan fingerprint density at radius 3 is 2.69 bits per heavy atom. The van der Waals surface area contributed by atoms with Gasteiger partial charge in [-0.2, -0.15) is 0 Å². The van der Waals surface area contributed by atoms with E-state index in [-0.39, 0.29) is 0 Å². The van der Waals surface area contributed by atoms with E-state index < -0.39 is 10.8 Å². The van der Waals surface area contributed by atoms with Gasteiger partial charge in [0.15, 0.2) is 0 Å². The van der Waals surface area contributed by atoms with Gasteiger partial charge in [-0.3, -0.25) is 4.21 Å². The highest BCUT2D eigenvalue weighted by Gasteiger charge is 2.23. The first-order chi connectivity index (χ1) is 6.24. The summed E-state index contributed by atoms with van der Waals surface area (Å²) < 4.78 is 11.4. The molecule has 0 amide bonds. The van der Waals surface area contributed by atoms with Crippen LogP contribution in [0.25, 0.3) is 0 Å². The average Bonchev–Trinajstić information content (AvgIpc) is 2.48. The molecular weight excluding hydrogens is 182 g/mol. The topological polar surface area (TPSA) is 43.1 Å². The minimum atomic E-state index is -0.587. The highest BCUT2D eigenvalue weighted by atomic mass is 32.2. The molecule has 0 radical (unpaired) electrons. The molecule has 3 unspecified atom stereocenters. The maximum Gasteiger partial charge on any atom is 0.0238 e. The van der Waals surface area contributed by atoms with E-state index in [2.05, 4.69) is 6.92 Å². The zero-order valence-electron chi connectivity index (χ0n) is 8.50. The quantitative estimate of drug-likeness (QED) is 0.738. The Morgan fingerprint density at radius 1 is 1.38 bits per heavy atom. The van der Waals surface area contributed by atoms with Gasteiger partial charge in [-0.15, -0.1) is 0 Å². The van der Waals surface area contributed by atoms with Gasteiger partial charge in [-0.05, 0) is 31.6 Å². The van der Waals surface area contributed by atoms with Gasteiger partial charge in [0, 0.05) is 28.3 Å². The predicted molar refractivity (Wildman–Crippen MR) is 58.1 cm³/mol. The maximum atomic E-state index is 11.4. The van der Waals surface area contributed by atoms with Crippen LogP contribution >= 0.6 is 0 Å². The molecule has 1 aliphatic rings. The molecule has 1 fully saturated rings. The monoisotopic (exact) mass is 203 g/mol. The summed E-state index contributed by atoms with van der Waals surface area (Å²) in [5, 5.41) is 0. The summed E-state index contributed by atoms with van der Waals surface area (Å²) in [6.07, 6.45) is 5.80. The van der Waals surface area contributed by atoms with Crippen LogP contribution in [0.1, 0.15) is 39.0 Å². The maximum absolute atomic E-state index is 11.4. The molecule has 0 bridgehead atoms. The molecule has 1 aliphatic carbocycles. The Morgan fingerprint density at radius 2 is 2.15 bits per heavy atom. The van der Waals surface area contributed by atoms with E-state index in [0.29, 0.717) is 12.0 Å². The minimum absolute atomic E-state index is 0.388. The van der Waals surface area contributed by atoms with Crippen molar-refractivity contribution in [1.29, 1.82) is 0 Å². The zero-order chi connectivity index (χ0) is 9.68. The summed E-state index contributed by atoms with van der Waals surface area (Å²) >= 11 is 0. The van der Waals surface area contributed by atoms with Gasteiger partial charge in [0.25, 0.3) is 0 Å². The molecule has 0 saturated heterocycles. The Bertz CT molecular complexity index is 172. The lowest BCUT2D eigenvalue weighted by atomic mass is 10.0. The van der Waals surface area contributed by atoms with Crippen LogP contribution in [-0.4, -0.2) is 21.8 Å². The third-order valence-electron chi connectivity index (χ3n) is 2.87. The molecule has 1 rings (SSSR count). The van der Waals surface area contributed by atoms with Gasteiger partial charge >= 0.3 is 0 Å². The van der Waals surface area contributed by atoms with Crippen molar-refractivity contribution in [3.8, 4) is 0 Å². The lowest BCUT2D eigenvalue weighted by molar-refractivity contribution is 0.468. The van der Waals surface area contributed by atoms with Crippen molar-refractivity contribution in [3.63, 3.8) is 0 Å². The largest absolute Gasteiger partial charge is 0.327 e. The van der Waals surface area contributed by atoms with Crippen LogP contribution in [0.15, 0.2) is 0 Å². The van der Waals surface area contributed by atoms with Crippen molar-refractivity contribution in [2.75, 3.05) is 11.5 Å². The van der Waals surface area contributed by atoms with E-state index in [1.54, 1.807) is 0 Å². The first kappa shape index (κ1) is 11.2. The Kier molecular flexibility index (Phi) is 4.96. The fourth-order valence-electron chi connectivity index (χ4n) is 2.04. The average molecular weight is 203 g/mol. The molecule has 3 atom stereocenters. The van der Waals surface area contributed by atoms with Gasteiger partial charge < -0.3 is 5.73 Å². The predicted octanol–water partition coefficient (Wildman–Crippen LogP) is 1.66. The molecule has 78 valence electrons. The first-order valence-electron chi connectivity index (χ1n) is 5.34. The Labute approximate surface area is 83.7 Å². The second-order valence-electron chi connectivity index (χ2n) is 3.99.